The van der Waals surface area contributed by atoms with Crippen LogP contribution in [0.5, 0.6) is 0 Å². The Morgan fingerprint density at radius 2 is 2.26 bits per heavy atom. The highest BCUT2D eigenvalue weighted by atomic mass is 35.5. The van der Waals surface area contributed by atoms with E-state index in [0.717, 1.165) is 36.3 Å². The van der Waals surface area contributed by atoms with Gasteiger partial charge < -0.3 is 10.4 Å². The summed E-state index contributed by atoms with van der Waals surface area (Å²) < 4.78 is 0. The molecule has 3 nitrogen and oxygen atoms in total. The number of carbonyl (C=O) groups is 1. The number of rotatable bonds is 4. The topological polar surface area (TPSA) is 49.3 Å². The number of aliphatic carboxylic acids is 1. The Labute approximate surface area is 119 Å². The monoisotopic (exact) mass is 281 g/mol. The van der Waals surface area contributed by atoms with Crippen molar-refractivity contribution in [2.75, 3.05) is 0 Å². The lowest BCUT2D eigenvalue weighted by molar-refractivity contribution is -0.143. The van der Waals surface area contributed by atoms with Crippen molar-refractivity contribution in [3.05, 3.63) is 34.9 Å². The standard InChI is InChI=1S/C15H20ClNO2/c1-10(11-4-2-6-13(16)8-11)17-14-7-3-5-12(9-14)15(18)19/h2,4,6,8,10,12,14,17H,3,5,7,9H2,1H3,(H,18,19)/t10-,12?,14?/m0/s1. The summed E-state index contributed by atoms with van der Waals surface area (Å²) in [6.45, 7) is 2.09. The fourth-order valence-corrected chi connectivity index (χ4v) is 2.99. The molecule has 1 aromatic carbocycles. The Morgan fingerprint density at radius 1 is 1.47 bits per heavy atom. The maximum absolute atomic E-state index is 11.1. The van der Waals surface area contributed by atoms with Gasteiger partial charge in [-0.15, -0.1) is 0 Å². The zero-order valence-electron chi connectivity index (χ0n) is 11.1. The van der Waals surface area contributed by atoms with Crippen LogP contribution in [0.3, 0.4) is 0 Å². The SMILES string of the molecule is C[C@H](NC1CCCC(C(=O)O)C1)c1cccc(Cl)c1. The van der Waals surface area contributed by atoms with Gasteiger partial charge >= 0.3 is 5.97 Å². The molecule has 19 heavy (non-hydrogen) atoms. The molecule has 2 N–H and O–H groups in total. The summed E-state index contributed by atoms with van der Waals surface area (Å²) >= 11 is 5.99. The van der Waals surface area contributed by atoms with Crippen LogP contribution in [0.15, 0.2) is 24.3 Å². The maximum atomic E-state index is 11.1. The Kier molecular flexibility index (Phi) is 4.83. The molecular weight excluding hydrogens is 262 g/mol. The number of hydrogen-bond acceptors (Lipinski definition) is 2. The molecule has 0 aromatic heterocycles. The van der Waals surface area contributed by atoms with Crippen LogP contribution in [-0.2, 0) is 4.79 Å². The van der Waals surface area contributed by atoms with Crippen LogP contribution in [0, 0.1) is 5.92 Å². The van der Waals surface area contributed by atoms with Crippen LogP contribution in [0.1, 0.15) is 44.2 Å². The molecule has 104 valence electrons. The largest absolute Gasteiger partial charge is 0.481 e. The molecule has 0 radical (unpaired) electrons. The molecule has 0 saturated heterocycles. The first-order valence-electron chi connectivity index (χ1n) is 6.80. The molecule has 1 aliphatic rings. The van der Waals surface area contributed by atoms with Gasteiger partial charge in [-0.1, -0.05) is 30.2 Å². The summed E-state index contributed by atoms with van der Waals surface area (Å²) in [5.74, 6) is -0.861. The van der Waals surface area contributed by atoms with E-state index < -0.39 is 5.97 Å². The van der Waals surface area contributed by atoms with Crippen LogP contribution in [0.25, 0.3) is 0 Å². The second kappa shape index (κ2) is 6.40. The molecule has 0 spiro atoms. The van der Waals surface area contributed by atoms with Gasteiger partial charge in [0.15, 0.2) is 0 Å². The van der Waals surface area contributed by atoms with Crippen molar-refractivity contribution >= 4 is 17.6 Å². The van der Waals surface area contributed by atoms with Crippen LogP contribution in [-0.4, -0.2) is 17.1 Å². The van der Waals surface area contributed by atoms with Gasteiger partial charge in [0.1, 0.15) is 0 Å². The zero-order chi connectivity index (χ0) is 13.8. The van der Waals surface area contributed by atoms with Crippen molar-refractivity contribution in [1.82, 2.24) is 5.32 Å². The number of carboxylic acid groups (broad SMARTS) is 1. The van der Waals surface area contributed by atoms with Gasteiger partial charge in [0.2, 0.25) is 0 Å². The molecule has 3 atom stereocenters. The Bertz CT molecular complexity index is 450. The summed E-state index contributed by atoms with van der Waals surface area (Å²) in [6.07, 6.45) is 3.56. The lowest BCUT2D eigenvalue weighted by atomic mass is 9.85. The highest BCUT2D eigenvalue weighted by molar-refractivity contribution is 6.30. The summed E-state index contributed by atoms with van der Waals surface area (Å²) in [5.41, 5.74) is 1.14. The van der Waals surface area contributed by atoms with E-state index >= 15 is 0 Å². The molecule has 0 amide bonds. The van der Waals surface area contributed by atoms with Gasteiger partial charge in [-0.3, -0.25) is 4.79 Å². The second-order valence-electron chi connectivity index (χ2n) is 5.34. The molecule has 0 heterocycles. The lowest BCUT2D eigenvalue weighted by Crippen LogP contribution is -2.37. The minimum absolute atomic E-state index is 0.191. The van der Waals surface area contributed by atoms with E-state index in [1.54, 1.807) is 0 Å². The first kappa shape index (κ1) is 14.4. The first-order valence-corrected chi connectivity index (χ1v) is 7.18. The fraction of sp³-hybridized carbons (Fsp3) is 0.533. The molecule has 2 unspecified atom stereocenters. The molecular formula is C15H20ClNO2. The highest BCUT2D eigenvalue weighted by Gasteiger charge is 2.27. The predicted octanol–water partition coefficient (Wildman–Crippen LogP) is 3.63. The van der Waals surface area contributed by atoms with Crippen LogP contribution in [0.2, 0.25) is 5.02 Å². The molecule has 1 aromatic rings. The number of nitrogens with one attached hydrogen (secondary N) is 1. The minimum atomic E-state index is -0.665. The first-order chi connectivity index (χ1) is 9.06. The molecule has 0 bridgehead atoms. The van der Waals surface area contributed by atoms with Crippen molar-refractivity contribution < 1.29 is 9.90 Å². The van der Waals surface area contributed by atoms with Crippen molar-refractivity contribution in [3.63, 3.8) is 0 Å². The van der Waals surface area contributed by atoms with E-state index in [1.165, 1.54) is 0 Å². The van der Waals surface area contributed by atoms with Crippen molar-refractivity contribution in [3.8, 4) is 0 Å². The normalized spacial score (nSPS) is 24.9. The van der Waals surface area contributed by atoms with E-state index in [4.69, 9.17) is 16.7 Å². The smallest absolute Gasteiger partial charge is 0.306 e. The number of benzene rings is 1. The van der Waals surface area contributed by atoms with Gasteiger partial charge in [-0.05, 0) is 43.9 Å². The predicted molar refractivity (Wildman–Crippen MR) is 76.4 cm³/mol. The third kappa shape index (κ3) is 3.95. The third-order valence-electron chi connectivity index (χ3n) is 3.86. The maximum Gasteiger partial charge on any atom is 0.306 e. The average Bonchev–Trinajstić information content (AvgIpc) is 2.39. The van der Waals surface area contributed by atoms with Crippen molar-refractivity contribution in [2.45, 2.75) is 44.7 Å². The van der Waals surface area contributed by atoms with Crippen LogP contribution in [0.4, 0.5) is 0 Å². The molecule has 0 aliphatic heterocycles. The highest BCUT2D eigenvalue weighted by Crippen LogP contribution is 2.27. The van der Waals surface area contributed by atoms with Gasteiger partial charge in [0.25, 0.3) is 0 Å². The number of carboxylic acids is 1. The van der Waals surface area contributed by atoms with E-state index in [1.807, 2.05) is 24.3 Å². The molecule has 1 aliphatic carbocycles. The van der Waals surface area contributed by atoms with Crippen molar-refractivity contribution in [1.29, 1.82) is 0 Å². The quantitative estimate of drug-likeness (QED) is 0.886. The Hall–Kier alpha value is -1.06. The molecule has 2 rings (SSSR count). The van der Waals surface area contributed by atoms with Gasteiger partial charge in [0.05, 0.1) is 5.92 Å². The summed E-state index contributed by atoms with van der Waals surface area (Å²) in [6, 6.07) is 8.27. The fourth-order valence-electron chi connectivity index (χ4n) is 2.79. The second-order valence-corrected chi connectivity index (χ2v) is 5.78. The molecule has 4 heteroatoms. The lowest BCUT2D eigenvalue weighted by Gasteiger charge is -2.30. The molecule has 1 saturated carbocycles. The van der Waals surface area contributed by atoms with Crippen molar-refractivity contribution in [2.24, 2.45) is 5.92 Å². The number of hydrogen-bond donors (Lipinski definition) is 2. The summed E-state index contributed by atoms with van der Waals surface area (Å²) in [5, 5.41) is 13.4. The zero-order valence-corrected chi connectivity index (χ0v) is 11.9. The number of halogens is 1. The van der Waals surface area contributed by atoms with Crippen LogP contribution < -0.4 is 5.32 Å². The van der Waals surface area contributed by atoms with Gasteiger partial charge in [-0.25, -0.2) is 0 Å². The third-order valence-corrected chi connectivity index (χ3v) is 4.09. The van der Waals surface area contributed by atoms with Gasteiger partial charge in [-0.2, -0.15) is 0 Å². The average molecular weight is 282 g/mol. The Morgan fingerprint density at radius 3 is 2.95 bits per heavy atom. The minimum Gasteiger partial charge on any atom is -0.481 e. The Balaban J connectivity index is 1.95. The summed E-state index contributed by atoms with van der Waals surface area (Å²) in [7, 11) is 0. The van der Waals surface area contributed by atoms with Crippen LogP contribution >= 0.6 is 11.6 Å². The van der Waals surface area contributed by atoms with E-state index in [9.17, 15) is 4.79 Å². The van der Waals surface area contributed by atoms with E-state index in [-0.39, 0.29) is 18.0 Å². The van der Waals surface area contributed by atoms with Gasteiger partial charge in [0, 0.05) is 17.1 Å². The summed E-state index contributed by atoms with van der Waals surface area (Å²) in [4.78, 5) is 11.1. The van der Waals surface area contributed by atoms with E-state index in [2.05, 4.69) is 12.2 Å². The molecule has 1 fully saturated rings. The van der Waals surface area contributed by atoms with E-state index in [0.29, 0.717) is 0 Å².